The van der Waals surface area contributed by atoms with Crippen molar-refractivity contribution in [2.45, 2.75) is 26.3 Å². The standard InChI is InChI=1S/C13H14ClN3OS/c1-3-10-6-9(7-11(14)17-10)12(18)16-8(2)13-15-4-5-19-13/h4-8H,3H2,1-2H3,(H,16,18). The first kappa shape index (κ1) is 14.0. The summed E-state index contributed by atoms with van der Waals surface area (Å²) in [7, 11) is 0. The van der Waals surface area contributed by atoms with E-state index >= 15 is 0 Å². The molecule has 6 heteroatoms. The van der Waals surface area contributed by atoms with Gasteiger partial charge in [-0.25, -0.2) is 9.97 Å². The van der Waals surface area contributed by atoms with Crippen LogP contribution in [0.2, 0.25) is 5.15 Å². The minimum Gasteiger partial charge on any atom is -0.343 e. The fourth-order valence-electron chi connectivity index (χ4n) is 1.65. The molecule has 0 fully saturated rings. The number of pyridine rings is 1. The average molecular weight is 296 g/mol. The monoisotopic (exact) mass is 295 g/mol. The Balaban J connectivity index is 2.13. The van der Waals surface area contributed by atoms with Crippen LogP contribution < -0.4 is 5.32 Å². The number of amides is 1. The van der Waals surface area contributed by atoms with Crippen LogP contribution in [-0.4, -0.2) is 15.9 Å². The van der Waals surface area contributed by atoms with E-state index in [2.05, 4.69) is 15.3 Å². The van der Waals surface area contributed by atoms with E-state index in [4.69, 9.17) is 11.6 Å². The van der Waals surface area contributed by atoms with Crippen molar-refractivity contribution in [2.24, 2.45) is 0 Å². The van der Waals surface area contributed by atoms with Crippen molar-refractivity contribution in [1.29, 1.82) is 0 Å². The molecular formula is C13H14ClN3OS. The van der Waals surface area contributed by atoms with Gasteiger partial charge in [-0.3, -0.25) is 4.79 Å². The fourth-order valence-corrected chi connectivity index (χ4v) is 2.53. The molecular weight excluding hydrogens is 282 g/mol. The van der Waals surface area contributed by atoms with Gasteiger partial charge in [0.1, 0.15) is 10.2 Å². The predicted molar refractivity (Wildman–Crippen MR) is 76.6 cm³/mol. The van der Waals surface area contributed by atoms with Crippen LogP contribution in [-0.2, 0) is 6.42 Å². The van der Waals surface area contributed by atoms with E-state index < -0.39 is 0 Å². The summed E-state index contributed by atoms with van der Waals surface area (Å²) in [5.41, 5.74) is 1.33. The number of carbonyl (C=O) groups is 1. The number of aromatic nitrogens is 2. The second-order valence-electron chi connectivity index (χ2n) is 4.09. The first-order valence-electron chi connectivity index (χ1n) is 5.97. The number of hydrogen-bond donors (Lipinski definition) is 1. The molecule has 0 aliphatic heterocycles. The van der Waals surface area contributed by atoms with Crippen molar-refractivity contribution < 1.29 is 4.79 Å². The molecule has 0 aliphatic carbocycles. The van der Waals surface area contributed by atoms with Crippen molar-refractivity contribution >= 4 is 28.8 Å². The first-order valence-corrected chi connectivity index (χ1v) is 7.22. The molecule has 1 N–H and O–H groups in total. The molecule has 0 saturated heterocycles. The molecule has 0 bridgehead atoms. The molecule has 0 spiro atoms. The van der Waals surface area contributed by atoms with Gasteiger partial charge < -0.3 is 5.32 Å². The molecule has 1 amide bonds. The van der Waals surface area contributed by atoms with Gasteiger partial charge in [-0.05, 0) is 25.5 Å². The fraction of sp³-hybridized carbons (Fsp3) is 0.308. The topological polar surface area (TPSA) is 54.9 Å². The summed E-state index contributed by atoms with van der Waals surface area (Å²) in [5.74, 6) is -0.165. The van der Waals surface area contributed by atoms with E-state index in [1.807, 2.05) is 19.2 Å². The third-order valence-electron chi connectivity index (χ3n) is 2.64. The quantitative estimate of drug-likeness (QED) is 0.881. The molecule has 1 atom stereocenters. The van der Waals surface area contributed by atoms with Gasteiger partial charge >= 0.3 is 0 Å². The zero-order chi connectivity index (χ0) is 13.8. The van der Waals surface area contributed by atoms with E-state index in [0.717, 1.165) is 17.1 Å². The Morgan fingerprint density at radius 2 is 2.32 bits per heavy atom. The summed E-state index contributed by atoms with van der Waals surface area (Å²) < 4.78 is 0. The highest BCUT2D eigenvalue weighted by Crippen LogP contribution is 2.17. The maximum atomic E-state index is 12.1. The van der Waals surface area contributed by atoms with Crippen LogP contribution in [0.1, 0.15) is 40.9 Å². The zero-order valence-electron chi connectivity index (χ0n) is 10.7. The number of halogens is 1. The van der Waals surface area contributed by atoms with E-state index in [1.54, 1.807) is 18.3 Å². The van der Waals surface area contributed by atoms with Crippen LogP contribution in [0.4, 0.5) is 0 Å². The number of aryl methyl sites for hydroxylation is 1. The normalized spacial score (nSPS) is 12.2. The summed E-state index contributed by atoms with van der Waals surface area (Å²) in [5, 5.41) is 6.00. The Bertz CT molecular complexity index is 571. The van der Waals surface area contributed by atoms with Gasteiger partial charge in [-0.1, -0.05) is 18.5 Å². The Morgan fingerprint density at radius 1 is 1.53 bits per heavy atom. The van der Waals surface area contributed by atoms with Crippen LogP contribution in [0.5, 0.6) is 0 Å². The first-order chi connectivity index (χ1) is 9.10. The number of nitrogens with one attached hydrogen (secondary N) is 1. The zero-order valence-corrected chi connectivity index (χ0v) is 12.3. The van der Waals surface area contributed by atoms with Crippen molar-refractivity contribution in [3.05, 3.63) is 45.1 Å². The molecule has 2 aromatic heterocycles. The number of rotatable bonds is 4. The molecule has 0 aliphatic rings. The van der Waals surface area contributed by atoms with Crippen LogP contribution >= 0.6 is 22.9 Å². The van der Waals surface area contributed by atoms with E-state index in [1.165, 1.54) is 11.3 Å². The molecule has 100 valence electrons. The lowest BCUT2D eigenvalue weighted by Crippen LogP contribution is -2.26. The SMILES string of the molecule is CCc1cc(C(=O)NC(C)c2nccs2)cc(Cl)n1. The minimum atomic E-state index is -0.165. The van der Waals surface area contributed by atoms with Crippen molar-refractivity contribution in [3.63, 3.8) is 0 Å². The summed E-state index contributed by atoms with van der Waals surface area (Å²) in [4.78, 5) is 20.5. The lowest BCUT2D eigenvalue weighted by Gasteiger charge is -2.11. The Hall–Kier alpha value is -1.46. The Morgan fingerprint density at radius 3 is 2.95 bits per heavy atom. The highest BCUT2D eigenvalue weighted by molar-refractivity contribution is 7.09. The number of thiazole rings is 1. The van der Waals surface area contributed by atoms with Gasteiger partial charge in [0.25, 0.3) is 5.91 Å². The van der Waals surface area contributed by atoms with Gasteiger partial charge in [0.15, 0.2) is 0 Å². The van der Waals surface area contributed by atoms with Gasteiger partial charge in [0, 0.05) is 22.8 Å². The van der Waals surface area contributed by atoms with Gasteiger partial charge in [0.05, 0.1) is 6.04 Å². The van der Waals surface area contributed by atoms with Crippen molar-refractivity contribution in [3.8, 4) is 0 Å². The second kappa shape index (κ2) is 6.12. The maximum absolute atomic E-state index is 12.1. The van der Waals surface area contributed by atoms with E-state index in [-0.39, 0.29) is 11.9 Å². The van der Waals surface area contributed by atoms with Crippen LogP contribution in [0.15, 0.2) is 23.7 Å². The molecule has 19 heavy (non-hydrogen) atoms. The lowest BCUT2D eigenvalue weighted by molar-refractivity contribution is 0.0939. The Kier molecular flexibility index (Phi) is 4.50. The molecule has 0 saturated carbocycles. The molecule has 0 aromatic carbocycles. The minimum absolute atomic E-state index is 0.121. The highest BCUT2D eigenvalue weighted by Gasteiger charge is 2.14. The van der Waals surface area contributed by atoms with Crippen LogP contribution in [0.3, 0.4) is 0 Å². The Labute approximate surface area is 120 Å². The van der Waals surface area contributed by atoms with E-state index in [0.29, 0.717) is 10.7 Å². The molecule has 2 rings (SSSR count). The third-order valence-corrected chi connectivity index (χ3v) is 3.79. The number of hydrogen-bond acceptors (Lipinski definition) is 4. The van der Waals surface area contributed by atoms with Crippen molar-refractivity contribution in [1.82, 2.24) is 15.3 Å². The van der Waals surface area contributed by atoms with Gasteiger partial charge in [0.2, 0.25) is 0 Å². The van der Waals surface area contributed by atoms with Gasteiger partial charge in [-0.15, -0.1) is 11.3 Å². The van der Waals surface area contributed by atoms with Crippen LogP contribution in [0, 0.1) is 0 Å². The molecule has 2 aromatic rings. The second-order valence-corrected chi connectivity index (χ2v) is 5.40. The number of nitrogens with zero attached hydrogens (tertiary/aromatic N) is 2. The predicted octanol–water partition coefficient (Wildman–Crippen LogP) is 3.24. The lowest BCUT2D eigenvalue weighted by atomic mass is 10.2. The summed E-state index contributed by atoms with van der Waals surface area (Å²) in [6.07, 6.45) is 2.46. The molecule has 2 heterocycles. The van der Waals surface area contributed by atoms with Crippen molar-refractivity contribution in [2.75, 3.05) is 0 Å². The maximum Gasteiger partial charge on any atom is 0.252 e. The van der Waals surface area contributed by atoms with Crippen LogP contribution in [0.25, 0.3) is 0 Å². The molecule has 4 nitrogen and oxygen atoms in total. The summed E-state index contributed by atoms with van der Waals surface area (Å²) in [6, 6.07) is 3.21. The highest BCUT2D eigenvalue weighted by atomic mass is 35.5. The smallest absolute Gasteiger partial charge is 0.252 e. The summed E-state index contributed by atoms with van der Waals surface area (Å²) >= 11 is 7.42. The largest absolute Gasteiger partial charge is 0.343 e. The molecule has 0 radical (unpaired) electrons. The summed E-state index contributed by atoms with van der Waals surface area (Å²) in [6.45, 7) is 3.87. The molecule has 1 unspecified atom stereocenters. The average Bonchev–Trinajstić information content (AvgIpc) is 2.91. The number of carbonyl (C=O) groups excluding carboxylic acids is 1. The van der Waals surface area contributed by atoms with E-state index in [9.17, 15) is 4.79 Å². The third kappa shape index (κ3) is 3.52. The van der Waals surface area contributed by atoms with Gasteiger partial charge in [-0.2, -0.15) is 0 Å².